The zero-order valence-electron chi connectivity index (χ0n) is 14.1. The second-order valence-electron chi connectivity index (χ2n) is 5.90. The quantitative estimate of drug-likeness (QED) is 0.672. The van der Waals surface area contributed by atoms with Gasteiger partial charge in [-0.3, -0.25) is 9.35 Å². The Morgan fingerprint density at radius 1 is 1.35 bits per heavy atom. The highest BCUT2D eigenvalue weighted by atomic mass is 32.2. The lowest BCUT2D eigenvalue weighted by Crippen LogP contribution is -2.56. The standard InChI is InChI=1S/C15H19N5O5S/c1-25-14(20-5-4-19(8-13(20)21)26(22,23)24)7-10-2-3-11-12(6-10)17-9-18-15(11)16/h2-3,6,9,14H,4-5,7-8H2,1H3,(H2,16,17,18)(H,22,23,24). The van der Waals surface area contributed by atoms with Crippen LogP contribution in [0.3, 0.4) is 0 Å². The summed E-state index contributed by atoms with van der Waals surface area (Å²) < 4.78 is 37.6. The van der Waals surface area contributed by atoms with Crippen LogP contribution in [0.4, 0.5) is 5.82 Å². The lowest BCUT2D eigenvalue weighted by Gasteiger charge is -2.36. The molecule has 26 heavy (non-hydrogen) atoms. The van der Waals surface area contributed by atoms with E-state index in [1.165, 1.54) is 18.3 Å². The van der Waals surface area contributed by atoms with Gasteiger partial charge in [-0.15, -0.1) is 0 Å². The third kappa shape index (κ3) is 3.75. The predicted octanol–water partition coefficient (Wildman–Crippen LogP) is -0.326. The molecule has 10 nitrogen and oxygen atoms in total. The Morgan fingerprint density at radius 3 is 2.77 bits per heavy atom. The molecule has 2 heterocycles. The number of benzene rings is 1. The Kier molecular flexibility index (Phi) is 5.05. The Hall–Kier alpha value is -2.34. The van der Waals surface area contributed by atoms with Crippen molar-refractivity contribution in [2.24, 2.45) is 0 Å². The van der Waals surface area contributed by atoms with E-state index in [1.807, 2.05) is 18.2 Å². The molecule has 11 heteroatoms. The molecule has 1 aromatic carbocycles. The van der Waals surface area contributed by atoms with Crippen LogP contribution < -0.4 is 5.73 Å². The number of carbonyl (C=O) groups is 1. The number of methoxy groups -OCH3 is 1. The van der Waals surface area contributed by atoms with Gasteiger partial charge in [-0.25, -0.2) is 9.97 Å². The minimum atomic E-state index is -4.38. The van der Waals surface area contributed by atoms with Crippen molar-refractivity contribution < 1.29 is 22.5 Å². The van der Waals surface area contributed by atoms with Gasteiger partial charge in [0.05, 0.1) is 12.1 Å². The van der Waals surface area contributed by atoms with E-state index < -0.39 is 29.0 Å². The van der Waals surface area contributed by atoms with Crippen LogP contribution in [0.2, 0.25) is 0 Å². The zero-order valence-corrected chi connectivity index (χ0v) is 14.9. The number of piperazine rings is 1. The van der Waals surface area contributed by atoms with Gasteiger partial charge in [0.2, 0.25) is 5.91 Å². The predicted molar refractivity (Wildman–Crippen MR) is 93.3 cm³/mol. The molecule has 3 N–H and O–H groups in total. The fraction of sp³-hybridized carbons (Fsp3) is 0.400. The van der Waals surface area contributed by atoms with E-state index in [4.69, 9.17) is 15.0 Å². The number of carbonyl (C=O) groups excluding carboxylic acids is 1. The van der Waals surface area contributed by atoms with Crippen molar-refractivity contribution in [2.75, 3.05) is 32.5 Å². The molecule has 0 spiro atoms. The summed E-state index contributed by atoms with van der Waals surface area (Å²) >= 11 is 0. The van der Waals surface area contributed by atoms with E-state index in [0.717, 1.165) is 15.3 Å². The van der Waals surface area contributed by atoms with Crippen LogP contribution in [0.5, 0.6) is 0 Å². The maximum Gasteiger partial charge on any atom is 0.336 e. The van der Waals surface area contributed by atoms with Crippen LogP contribution in [0.25, 0.3) is 10.9 Å². The van der Waals surface area contributed by atoms with Crippen molar-refractivity contribution >= 4 is 32.9 Å². The molecule has 1 saturated heterocycles. The van der Waals surface area contributed by atoms with Gasteiger partial charge >= 0.3 is 10.3 Å². The molecule has 1 aliphatic rings. The van der Waals surface area contributed by atoms with Crippen LogP contribution in [0, 0.1) is 0 Å². The first kappa shape index (κ1) is 18.5. The van der Waals surface area contributed by atoms with Crippen LogP contribution in [0.15, 0.2) is 24.5 Å². The van der Waals surface area contributed by atoms with Crippen molar-refractivity contribution in [3.05, 3.63) is 30.1 Å². The highest BCUT2D eigenvalue weighted by Gasteiger charge is 2.34. The van der Waals surface area contributed by atoms with E-state index in [0.29, 0.717) is 17.8 Å². The number of aromatic nitrogens is 2. The number of ether oxygens (including phenoxy) is 1. The van der Waals surface area contributed by atoms with Gasteiger partial charge in [0.1, 0.15) is 18.4 Å². The Balaban J connectivity index is 1.77. The topological polar surface area (TPSA) is 139 Å². The average molecular weight is 381 g/mol. The number of anilines is 1. The van der Waals surface area contributed by atoms with Crippen LogP contribution in [0.1, 0.15) is 5.56 Å². The van der Waals surface area contributed by atoms with E-state index in [9.17, 15) is 13.2 Å². The zero-order chi connectivity index (χ0) is 18.9. The molecule has 1 aromatic heterocycles. The Bertz CT molecular complexity index is 935. The summed E-state index contributed by atoms with van der Waals surface area (Å²) in [7, 11) is -2.90. The van der Waals surface area contributed by atoms with Gasteiger partial charge in [0, 0.05) is 32.0 Å². The molecular formula is C15H19N5O5S. The summed E-state index contributed by atoms with van der Waals surface area (Å²) in [4.78, 5) is 21.9. The molecular weight excluding hydrogens is 362 g/mol. The molecule has 0 radical (unpaired) electrons. The van der Waals surface area contributed by atoms with E-state index in [1.54, 1.807) is 0 Å². The van der Waals surface area contributed by atoms with Gasteiger partial charge in [-0.2, -0.15) is 12.7 Å². The van der Waals surface area contributed by atoms with E-state index in [2.05, 4.69) is 9.97 Å². The van der Waals surface area contributed by atoms with Crippen molar-refractivity contribution in [3.8, 4) is 0 Å². The van der Waals surface area contributed by atoms with Crippen molar-refractivity contribution in [1.29, 1.82) is 0 Å². The number of hydrogen-bond acceptors (Lipinski definition) is 7. The minimum Gasteiger partial charge on any atom is -0.383 e. The van der Waals surface area contributed by atoms with Crippen LogP contribution >= 0.6 is 0 Å². The molecule has 3 rings (SSSR count). The fourth-order valence-electron chi connectivity index (χ4n) is 2.94. The third-order valence-electron chi connectivity index (χ3n) is 4.31. The molecule has 140 valence electrons. The number of nitrogens with two attached hydrogens (primary N) is 1. The molecule has 0 saturated carbocycles. The summed E-state index contributed by atoms with van der Waals surface area (Å²) in [6, 6.07) is 5.51. The number of nitrogen functional groups attached to an aromatic ring is 1. The number of hydrogen-bond donors (Lipinski definition) is 2. The minimum absolute atomic E-state index is 0.00587. The molecule has 2 aromatic rings. The van der Waals surface area contributed by atoms with Crippen LogP contribution in [-0.2, 0) is 26.3 Å². The van der Waals surface area contributed by atoms with Crippen LogP contribution in [-0.4, -0.2) is 71.0 Å². The molecule has 1 unspecified atom stereocenters. The van der Waals surface area contributed by atoms with Crippen molar-refractivity contribution in [1.82, 2.24) is 19.2 Å². The first-order valence-electron chi connectivity index (χ1n) is 7.83. The fourth-order valence-corrected chi connectivity index (χ4v) is 3.53. The van der Waals surface area contributed by atoms with Gasteiger partial charge in [-0.1, -0.05) is 6.07 Å². The summed E-state index contributed by atoms with van der Waals surface area (Å²) in [6.07, 6.45) is 1.21. The summed E-state index contributed by atoms with van der Waals surface area (Å²) in [5.74, 6) is -0.0468. The first-order valence-corrected chi connectivity index (χ1v) is 9.23. The number of nitrogens with zero attached hydrogens (tertiary/aromatic N) is 4. The normalized spacial score (nSPS) is 17.6. The maximum atomic E-state index is 12.3. The van der Waals surface area contributed by atoms with E-state index in [-0.39, 0.29) is 13.1 Å². The average Bonchev–Trinajstić information content (AvgIpc) is 2.59. The van der Waals surface area contributed by atoms with E-state index >= 15 is 0 Å². The maximum absolute atomic E-state index is 12.3. The molecule has 1 amide bonds. The highest BCUT2D eigenvalue weighted by Crippen LogP contribution is 2.20. The lowest BCUT2D eigenvalue weighted by molar-refractivity contribution is -0.148. The molecule has 0 bridgehead atoms. The number of amides is 1. The number of fused-ring (bicyclic) bond motifs is 1. The van der Waals surface area contributed by atoms with Gasteiger partial charge in [0.25, 0.3) is 0 Å². The third-order valence-corrected chi connectivity index (χ3v) is 5.27. The lowest BCUT2D eigenvalue weighted by atomic mass is 10.1. The first-order chi connectivity index (χ1) is 12.3. The molecule has 1 atom stereocenters. The highest BCUT2D eigenvalue weighted by molar-refractivity contribution is 7.83. The SMILES string of the molecule is COC(Cc1ccc2c(N)ncnc2c1)N1CCN(S(=O)(=O)O)CC1=O. The largest absolute Gasteiger partial charge is 0.383 e. The molecule has 0 aliphatic carbocycles. The van der Waals surface area contributed by atoms with Gasteiger partial charge in [-0.05, 0) is 17.7 Å². The van der Waals surface area contributed by atoms with Crippen molar-refractivity contribution in [2.45, 2.75) is 12.6 Å². The summed E-state index contributed by atoms with van der Waals surface area (Å²) in [6.45, 7) is -0.286. The Morgan fingerprint density at radius 2 is 2.12 bits per heavy atom. The summed E-state index contributed by atoms with van der Waals surface area (Å²) in [5, 5.41) is 0.739. The van der Waals surface area contributed by atoms with Crippen molar-refractivity contribution in [3.63, 3.8) is 0 Å². The van der Waals surface area contributed by atoms with Gasteiger partial charge in [0.15, 0.2) is 0 Å². The second kappa shape index (κ2) is 7.11. The summed E-state index contributed by atoms with van der Waals surface area (Å²) in [5.41, 5.74) is 7.38. The monoisotopic (exact) mass is 381 g/mol. The Labute approximate surface area is 150 Å². The van der Waals surface area contributed by atoms with Gasteiger partial charge < -0.3 is 15.4 Å². The molecule has 1 aliphatic heterocycles. The smallest absolute Gasteiger partial charge is 0.336 e. The molecule has 1 fully saturated rings. The number of rotatable bonds is 5. The second-order valence-corrected chi connectivity index (χ2v) is 7.32.